The molecular formula is C28H33NO8S. The third-order valence-corrected chi connectivity index (χ3v) is 10.6. The maximum atomic E-state index is 14.3. The zero-order valence-corrected chi connectivity index (χ0v) is 22.6. The number of hydrogen-bond acceptors (Lipinski definition) is 9. The minimum atomic E-state index is -1.74. The molecule has 5 aliphatic rings. The highest BCUT2D eigenvalue weighted by Gasteiger charge is 2.93. The summed E-state index contributed by atoms with van der Waals surface area (Å²) in [4.78, 5) is 55.7. The molecule has 4 heterocycles. The highest BCUT2D eigenvalue weighted by atomic mass is 32.2. The van der Waals surface area contributed by atoms with Crippen LogP contribution < -0.4 is 0 Å². The Morgan fingerprint density at radius 3 is 2.47 bits per heavy atom. The Balaban J connectivity index is 1.53. The molecule has 4 aliphatic heterocycles. The van der Waals surface area contributed by atoms with Crippen LogP contribution in [-0.2, 0) is 28.6 Å². The van der Waals surface area contributed by atoms with E-state index in [0.717, 1.165) is 24.3 Å². The average Bonchev–Trinajstić information content (AvgIpc) is 3.49. The molecule has 9 nitrogen and oxygen atoms in total. The molecule has 0 unspecified atom stereocenters. The molecule has 4 saturated heterocycles. The van der Waals surface area contributed by atoms with Gasteiger partial charge in [-0.2, -0.15) is 11.8 Å². The molecule has 0 bridgehead atoms. The summed E-state index contributed by atoms with van der Waals surface area (Å²) in [6.07, 6.45) is -2.32. The van der Waals surface area contributed by atoms with Gasteiger partial charge in [-0.3, -0.25) is 14.4 Å². The van der Waals surface area contributed by atoms with Crippen molar-refractivity contribution < 1.29 is 38.5 Å². The number of likely N-dealkylation sites (tertiary alicyclic amines) is 1. The lowest BCUT2D eigenvalue weighted by Crippen LogP contribution is -2.66. The van der Waals surface area contributed by atoms with Gasteiger partial charge in [-0.15, -0.1) is 0 Å². The summed E-state index contributed by atoms with van der Waals surface area (Å²) in [6.45, 7) is 5.77. The molecule has 38 heavy (non-hydrogen) atoms. The monoisotopic (exact) mass is 543 g/mol. The maximum Gasteiger partial charge on any atom is 0.338 e. The van der Waals surface area contributed by atoms with Crippen LogP contribution in [0, 0.1) is 22.2 Å². The fourth-order valence-electron chi connectivity index (χ4n) is 7.74. The molecule has 0 radical (unpaired) electrons. The molecule has 204 valence electrons. The Bertz CT molecular complexity index is 1190. The fraction of sp³-hybridized carbons (Fsp3) is 0.643. The van der Waals surface area contributed by atoms with Crippen molar-refractivity contribution in [3.63, 3.8) is 0 Å². The van der Waals surface area contributed by atoms with Crippen LogP contribution in [0.2, 0.25) is 0 Å². The topological polar surface area (TPSA) is 119 Å². The van der Waals surface area contributed by atoms with E-state index in [1.807, 2.05) is 32.5 Å². The predicted molar refractivity (Wildman–Crippen MR) is 136 cm³/mol. The van der Waals surface area contributed by atoms with Crippen LogP contribution in [0.4, 0.5) is 0 Å². The Morgan fingerprint density at radius 1 is 1.13 bits per heavy atom. The van der Waals surface area contributed by atoms with Gasteiger partial charge in [-0.05, 0) is 47.8 Å². The molecule has 2 spiro atoms. The molecule has 1 aliphatic carbocycles. The number of benzene rings is 1. The van der Waals surface area contributed by atoms with Crippen molar-refractivity contribution in [2.45, 2.75) is 70.5 Å². The number of esters is 3. The third-order valence-electron chi connectivity index (χ3n) is 9.60. The molecule has 1 amide bonds. The first-order valence-corrected chi connectivity index (χ1v) is 14.4. The van der Waals surface area contributed by atoms with E-state index in [1.54, 1.807) is 30.3 Å². The molecule has 1 N–H and O–H groups in total. The normalized spacial score (nSPS) is 38.5. The SMILES string of the molecule is CC(C)(C)[C@]1(O)C[C@@H]2OC(=O)C[C@@]23C(=O)O[C@@H]2N(CC4CCSCC4)C(=O)[C@H](OC(=O)c4ccccc4)[C@]213. The van der Waals surface area contributed by atoms with Gasteiger partial charge in [0.05, 0.1) is 17.6 Å². The van der Waals surface area contributed by atoms with E-state index in [-0.39, 0.29) is 24.3 Å². The van der Waals surface area contributed by atoms with E-state index >= 15 is 0 Å². The van der Waals surface area contributed by atoms with E-state index in [1.165, 1.54) is 4.90 Å². The van der Waals surface area contributed by atoms with Crippen LogP contribution in [0.5, 0.6) is 0 Å². The zero-order chi connectivity index (χ0) is 27.1. The summed E-state index contributed by atoms with van der Waals surface area (Å²) in [5.74, 6) is -0.413. The summed E-state index contributed by atoms with van der Waals surface area (Å²) in [6, 6.07) is 8.29. The summed E-state index contributed by atoms with van der Waals surface area (Å²) in [7, 11) is 0. The van der Waals surface area contributed by atoms with Crippen LogP contribution in [-0.4, -0.2) is 75.9 Å². The van der Waals surface area contributed by atoms with Crippen molar-refractivity contribution in [2.24, 2.45) is 22.2 Å². The van der Waals surface area contributed by atoms with Gasteiger partial charge < -0.3 is 24.2 Å². The summed E-state index contributed by atoms with van der Waals surface area (Å²) >= 11 is 1.86. The van der Waals surface area contributed by atoms with Gasteiger partial charge >= 0.3 is 17.9 Å². The number of aliphatic hydroxyl groups is 1. The number of hydrogen-bond donors (Lipinski definition) is 1. The second kappa shape index (κ2) is 8.45. The smallest absolute Gasteiger partial charge is 0.338 e. The molecule has 1 saturated carbocycles. The van der Waals surface area contributed by atoms with Crippen LogP contribution in [0.15, 0.2) is 30.3 Å². The largest absolute Gasteiger partial charge is 0.461 e. The fourth-order valence-corrected chi connectivity index (χ4v) is 8.94. The van der Waals surface area contributed by atoms with Crippen molar-refractivity contribution in [3.05, 3.63) is 35.9 Å². The Morgan fingerprint density at radius 2 is 1.82 bits per heavy atom. The minimum absolute atomic E-state index is 0.0611. The van der Waals surface area contributed by atoms with Crippen molar-refractivity contribution in [1.29, 1.82) is 0 Å². The molecule has 10 heteroatoms. The van der Waals surface area contributed by atoms with E-state index in [0.29, 0.717) is 6.54 Å². The average molecular weight is 544 g/mol. The van der Waals surface area contributed by atoms with Gasteiger partial charge in [-0.25, -0.2) is 4.79 Å². The van der Waals surface area contributed by atoms with Gasteiger partial charge in [0, 0.05) is 13.0 Å². The lowest BCUT2D eigenvalue weighted by molar-refractivity contribution is -0.212. The molecule has 6 rings (SSSR count). The number of ether oxygens (including phenoxy) is 3. The van der Waals surface area contributed by atoms with Crippen LogP contribution in [0.3, 0.4) is 0 Å². The van der Waals surface area contributed by atoms with Gasteiger partial charge in [-0.1, -0.05) is 39.0 Å². The van der Waals surface area contributed by atoms with E-state index < -0.39 is 64.1 Å². The summed E-state index contributed by atoms with van der Waals surface area (Å²) in [5, 5.41) is 12.7. The minimum Gasteiger partial charge on any atom is -0.461 e. The van der Waals surface area contributed by atoms with Crippen LogP contribution in [0.1, 0.15) is 56.8 Å². The van der Waals surface area contributed by atoms with Crippen molar-refractivity contribution in [1.82, 2.24) is 4.90 Å². The van der Waals surface area contributed by atoms with Gasteiger partial charge in [0.2, 0.25) is 0 Å². The second-order valence-electron chi connectivity index (χ2n) is 12.3. The lowest BCUT2D eigenvalue weighted by Gasteiger charge is -2.51. The van der Waals surface area contributed by atoms with Gasteiger partial charge in [0.15, 0.2) is 12.3 Å². The standard InChI is InChI=1S/C28H33NO8S/c1-25(2,3)27(34)13-18-26(14-19(30)35-18)24(33)37-23-28(26,27)20(36-22(32)17-7-5-4-6-8-17)21(31)29(23)15-16-9-11-38-12-10-16/h4-8,16,18,20,23,34H,9-15H2,1-3H3/t18-,20-,23-,26-,27+,28+/m0/s1. The van der Waals surface area contributed by atoms with Crippen molar-refractivity contribution in [3.8, 4) is 0 Å². The number of carbonyl (C=O) groups is 4. The van der Waals surface area contributed by atoms with Crippen molar-refractivity contribution in [2.75, 3.05) is 18.1 Å². The van der Waals surface area contributed by atoms with E-state index in [4.69, 9.17) is 14.2 Å². The van der Waals surface area contributed by atoms with E-state index in [9.17, 15) is 24.3 Å². The van der Waals surface area contributed by atoms with Crippen molar-refractivity contribution >= 4 is 35.6 Å². The lowest BCUT2D eigenvalue weighted by atomic mass is 9.52. The van der Waals surface area contributed by atoms with E-state index in [2.05, 4.69) is 0 Å². The van der Waals surface area contributed by atoms with Gasteiger partial charge in [0.1, 0.15) is 16.9 Å². The Hall–Kier alpha value is -2.59. The highest BCUT2D eigenvalue weighted by molar-refractivity contribution is 7.99. The Kier molecular flexibility index (Phi) is 5.71. The first kappa shape index (κ1) is 25.7. The first-order valence-electron chi connectivity index (χ1n) is 13.2. The number of thioether (sulfide) groups is 1. The molecular weight excluding hydrogens is 510 g/mol. The molecule has 6 atom stereocenters. The maximum absolute atomic E-state index is 14.3. The summed E-state index contributed by atoms with van der Waals surface area (Å²) in [5.41, 5.74) is -5.76. The molecule has 1 aromatic carbocycles. The Labute approximate surface area is 225 Å². The molecule has 5 fully saturated rings. The summed E-state index contributed by atoms with van der Waals surface area (Å²) < 4.78 is 17.7. The molecule has 0 aromatic heterocycles. The van der Waals surface area contributed by atoms with Crippen LogP contribution in [0.25, 0.3) is 0 Å². The van der Waals surface area contributed by atoms with Crippen LogP contribution >= 0.6 is 11.8 Å². The number of rotatable bonds is 4. The third kappa shape index (κ3) is 3.10. The first-order chi connectivity index (χ1) is 18.0. The highest BCUT2D eigenvalue weighted by Crippen LogP contribution is 2.76. The zero-order valence-electron chi connectivity index (χ0n) is 21.8. The number of nitrogens with zero attached hydrogens (tertiary/aromatic N) is 1. The van der Waals surface area contributed by atoms with Gasteiger partial charge in [0.25, 0.3) is 5.91 Å². The molecule has 1 aromatic rings. The number of carbonyl (C=O) groups excluding carboxylic acids is 4. The quantitative estimate of drug-likeness (QED) is 0.451. The predicted octanol–water partition coefficient (Wildman–Crippen LogP) is 2.55. The number of amides is 1. The second-order valence-corrected chi connectivity index (χ2v) is 13.5.